The average Bonchev–Trinajstić information content (AvgIpc) is 2.95. The number of rotatable bonds is 14. The number of hydrogen-bond donors (Lipinski definition) is 1. The molecule has 2 aromatic carbocycles. The van der Waals surface area contributed by atoms with E-state index >= 15 is 0 Å². The Bertz CT molecular complexity index is 1110. The van der Waals surface area contributed by atoms with Crippen molar-refractivity contribution in [2.75, 3.05) is 32.2 Å². The van der Waals surface area contributed by atoms with Gasteiger partial charge in [0.25, 0.3) is 0 Å². The molecule has 0 saturated heterocycles. The summed E-state index contributed by atoms with van der Waals surface area (Å²) in [5, 5.41) is 2.26. The molecular weight excluding hydrogens is 484 g/mol. The van der Waals surface area contributed by atoms with Crippen LogP contribution < -0.4 is 24.4 Å². The highest BCUT2D eigenvalue weighted by Crippen LogP contribution is 2.24. The molecule has 0 spiro atoms. The molecule has 1 atom stereocenters. The van der Waals surface area contributed by atoms with Gasteiger partial charge < -0.3 is 19.1 Å². The lowest BCUT2D eigenvalue weighted by atomic mass is 9.94. The van der Waals surface area contributed by atoms with Gasteiger partial charge in [-0.05, 0) is 54.8 Å². The third-order valence-corrected chi connectivity index (χ3v) is 5.61. The number of likely N-dealkylation sites (N-methyl/N-ethyl adjacent to an activating group) is 1. The molecule has 0 aliphatic rings. The number of imide groups is 1. The molecule has 2 amide bonds. The van der Waals surface area contributed by atoms with Crippen molar-refractivity contribution in [3.63, 3.8) is 0 Å². The third-order valence-electron chi connectivity index (χ3n) is 5.61. The van der Waals surface area contributed by atoms with Crippen LogP contribution in [0.1, 0.15) is 39.2 Å². The van der Waals surface area contributed by atoms with Crippen LogP contribution in [-0.4, -0.2) is 49.6 Å². The molecule has 38 heavy (non-hydrogen) atoms. The molecule has 204 valence electrons. The number of methoxy groups -OCH3 is 1. The van der Waals surface area contributed by atoms with Crippen molar-refractivity contribution in [1.29, 1.82) is 0 Å². The Labute approximate surface area is 225 Å². The highest BCUT2D eigenvalue weighted by atomic mass is 16.5. The highest BCUT2D eigenvalue weighted by Gasteiger charge is 2.17. The molecule has 3 rings (SSSR count). The molecule has 0 fully saturated rings. The van der Waals surface area contributed by atoms with Crippen LogP contribution in [0.15, 0.2) is 60.9 Å². The van der Waals surface area contributed by atoms with E-state index in [1.165, 1.54) is 6.33 Å². The first-order valence-corrected chi connectivity index (χ1v) is 12.8. The maximum absolute atomic E-state index is 12.1. The molecule has 9 nitrogen and oxygen atoms in total. The van der Waals surface area contributed by atoms with Gasteiger partial charge in [0.05, 0.1) is 13.7 Å². The van der Waals surface area contributed by atoms with Crippen molar-refractivity contribution in [3.8, 4) is 23.1 Å². The number of hydrogen-bond acceptors (Lipinski definition) is 8. The zero-order valence-electron chi connectivity index (χ0n) is 22.8. The lowest BCUT2D eigenvalue weighted by Gasteiger charge is -2.19. The van der Waals surface area contributed by atoms with Gasteiger partial charge >= 0.3 is 0 Å². The number of carbonyl (C=O) groups excluding carboxylic acids is 2. The Kier molecular flexibility index (Phi) is 13.1. The summed E-state index contributed by atoms with van der Waals surface area (Å²) in [5.74, 6) is 2.83. The van der Waals surface area contributed by atoms with Crippen LogP contribution in [0.4, 0.5) is 5.82 Å². The van der Waals surface area contributed by atoms with Gasteiger partial charge in [0.15, 0.2) is 0 Å². The van der Waals surface area contributed by atoms with Crippen molar-refractivity contribution < 1.29 is 23.8 Å². The number of anilines is 1. The number of benzene rings is 2. The second-order valence-corrected chi connectivity index (χ2v) is 8.22. The summed E-state index contributed by atoms with van der Waals surface area (Å²) in [7, 11) is 3.54. The normalized spacial score (nSPS) is 10.9. The molecule has 1 N–H and O–H groups in total. The van der Waals surface area contributed by atoms with Gasteiger partial charge in [0.1, 0.15) is 36.0 Å². The summed E-state index contributed by atoms with van der Waals surface area (Å²) in [5.41, 5.74) is 1.02. The summed E-state index contributed by atoms with van der Waals surface area (Å²) in [4.78, 5) is 33.1. The first-order chi connectivity index (χ1) is 18.5. The largest absolute Gasteiger partial charge is 0.497 e. The summed E-state index contributed by atoms with van der Waals surface area (Å²) in [6, 6.07) is 16.7. The predicted molar refractivity (Wildman–Crippen MR) is 148 cm³/mol. The molecule has 1 unspecified atom stereocenters. The van der Waals surface area contributed by atoms with Gasteiger partial charge in [0, 0.05) is 19.0 Å². The summed E-state index contributed by atoms with van der Waals surface area (Å²) < 4.78 is 16.9. The number of nitrogens with zero attached hydrogens (tertiary/aromatic N) is 3. The summed E-state index contributed by atoms with van der Waals surface area (Å²) >= 11 is 0. The second-order valence-electron chi connectivity index (χ2n) is 8.22. The number of nitrogens with one attached hydrogen (secondary N) is 1. The Balaban J connectivity index is 0.00000247. The van der Waals surface area contributed by atoms with E-state index in [0.29, 0.717) is 43.4 Å². The lowest BCUT2D eigenvalue weighted by Crippen LogP contribution is -2.30. The van der Waals surface area contributed by atoms with Crippen LogP contribution in [0.2, 0.25) is 0 Å². The second kappa shape index (κ2) is 16.6. The van der Waals surface area contributed by atoms with Gasteiger partial charge in [-0.15, -0.1) is 0 Å². The van der Waals surface area contributed by atoms with Crippen LogP contribution in [0.25, 0.3) is 0 Å². The average molecular weight is 523 g/mol. The fraction of sp³-hybridized carbons (Fsp3) is 0.379. The molecule has 0 aliphatic carbocycles. The van der Waals surface area contributed by atoms with E-state index < -0.39 is 0 Å². The van der Waals surface area contributed by atoms with Gasteiger partial charge in [-0.2, -0.15) is 0 Å². The van der Waals surface area contributed by atoms with Gasteiger partial charge in [-0.1, -0.05) is 39.3 Å². The monoisotopic (exact) mass is 522 g/mol. The van der Waals surface area contributed by atoms with Crippen molar-refractivity contribution in [3.05, 3.63) is 66.5 Å². The van der Waals surface area contributed by atoms with E-state index in [1.54, 1.807) is 13.2 Å². The fourth-order valence-electron chi connectivity index (χ4n) is 3.63. The lowest BCUT2D eigenvalue weighted by molar-refractivity contribution is -0.128. The number of carbonyl (C=O) groups is 2. The number of amides is 2. The minimum atomic E-state index is -0.238. The predicted octanol–water partition coefficient (Wildman–Crippen LogP) is 5.05. The first kappa shape index (κ1) is 30.1. The maximum Gasteiger partial charge on any atom is 0.229 e. The highest BCUT2D eigenvalue weighted by molar-refractivity contribution is 5.87. The van der Waals surface area contributed by atoms with Crippen LogP contribution in [0.3, 0.4) is 0 Å². The molecular formula is C29H38N4O5. The molecule has 0 bridgehead atoms. The summed E-state index contributed by atoms with van der Waals surface area (Å²) in [6.45, 7) is 7.07. The van der Waals surface area contributed by atoms with Crippen LogP contribution in [0.5, 0.6) is 23.1 Å². The first-order valence-electron chi connectivity index (χ1n) is 12.8. The number of ether oxygens (including phenoxy) is 3. The third kappa shape index (κ3) is 9.72. The summed E-state index contributed by atoms with van der Waals surface area (Å²) in [6.07, 6.45) is 4.07. The molecule has 0 aliphatic heterocycles. The van der Waals surface area contributed by atoms with E-state index in [2.05, 4.69) is 15.3 Å². The minimum Gasteiger partial charge on any atom is -0.497 e. The SMILES string of the molecule is CC.CCCC(Cc1ccc(OCCN(C)c2cc(Oc3ccc(OC)cc3)ncn2)cc1)C(=O)NC=O. The van der Waals surface area contributed by atoms with Crippen molar-refractivity contribution >= 4 is 18.1 Å². The zero-order chi connectivity index (χ0) is 27.8. The molecule has 1 aromatic heterocycles. The molecule has 0 radical (unpaired) electrons. The molecule has 1 heterocycles. The molecule has 0 saturated carbocycles. The van der Waals surface area contributed by atoms with E-state index in [0.717, 1.165) is 29.9 Å². The molecule has 3 aromatic rings. The van der Waals surface area contributed by atoms with Gasteiger partial charge in [-0.3, -0.25) is 14.9 Å². The van der Waals surface area contributed by atoms with E-state index in [1.807, 2.05) is 81.2 Å². The topological polar surface area (TPSA) is 103 Å². The fourth-order valence-corrected chi connectivity index (χ4v) is 3.63. The molecule has 9 heteroatoms. The van der Waals surface area contributed by atoms with E-state index in [9.17, 15) is 9.59 Å². The van der Waals surface area contributed by atoms with Crippen molar-refractivity contribution in [1.82, 2.24) is 15.3 Å². The Morgan fingerprint density at radius 2 is 1.68 bits per heavy atom. The number of aromatic nitrogens is 2. The Morgan fingerprint density at radius 1 is 1.03 bits per heavy atom. The Hall–Kier alpha value is -4.14. The standard InChI is InChI=1S/C27H32N4O5.C2H6/c1-4-5-21(27(33)30-19-32)16-20-6-8-23(9-7-20)35-15-14-31(2)25-17-26(29-18-28-25)36-24-12-10-22(34-3)11-13-24;1-2/h6-13,17-19,21H,4-5,14-16H2,1-3H3,(H,30,32,33);1-2H3. The van der Waals surface area contributed by atoms with Crippen LogP contribution >= 0.6 is 0 Å². The van der Waals surface area contributed by atoms with Gasteiger partial charge in [0.2, 0.25) is 18.2 Å². The zero-order valence-corrected chi connectivity index (χ0v) is 22.8. The van der Waals surface area contributed by atoms with E-state index in [-0.39, 0.29) is 11.8 Å². The smallest absolute Gasteiger partial charge is 0.229 e. The van der Waals surface area contributed by atoms with Crippen LogP contribution in [-0.2, 0) is 16.0 Å². The quantitative estimate of drug-likeness (QED) is 0.294. The van der Waals surface area contributed by atoms with Crippen LogP contribution in [0, 0.1) is 5.92 Å². The maximum atomic E-state index is 12.1. The van der Waals surface area contributed by atoms with Crippen molar-refractivity contribution in [2.24, 2.45) is 5.92 Å². The Morgan fingerprint density at radius 3 is 2.32 bits per heavy atom. The minimum absolute atomic E-state index is 0.230. The van der Waals surface area contributed by atoms with E-state index in [4.69, 9.17) is 14.2 Å². The van der Waals surface area contributed by atoms with Crippen molar-refractivity contribution in [2.45, 2.75) is 40.0 Å². The van der Waals surface area contributed by atoms with Gasteiger partial charge in [-0.25, -0.2) is 9.97 Å².